The molecule has 1 N–H and O–H groups in total. The fraction of sp³-hybridized carbons (Fsp3) is 0.571. The van der Waals surface area contributed by atoms with E-state index in [4.69, 9.17) is 0 Å². The maximum atomic E-state index is 4.49. The smallest absolute Gasteiger partial charge is 0.194 e. The van der Waals surface area contributed by atoms with Gasteiger partial charge in [-0.15, -0.1) is 45.5 Å². The van der Waals surface area contributed by atoms with Gasteiger partial charge in [0.15, 0.2) is 11.8 Å². The normalized spacial score (nSPS) is 13.6. The van der Waals surface area contributed by atoms with Crippen molar-refractivity contribution in [2.45, 2.75) is 39.4 Å². The van der Waals surface area contributed by atoms with Gasteiger partial charge in [-0.05, 0) is 13.3 Å². The van der Waals surface area contributed by atoms with Gasteiger partial charge >= 0.3 is 0 Å². The maximum absolute atomic E-state index is 4.49. The highest BCUT2D eigenvalue weighted by molar-refractivity contribution is 14.0. The summed E-state index contributed by atoms with van der Waals surface area (Å²) in [6.45, 7) is 4.42. The summed E-state index contributed by atoms with van der Waals surface area (Å²) in [6.07, 6.45) is 2.19. The van der Waals surface area contributed by atoms with E-state index in [0.29, 0.717) is 6.54 Å². The van der Waals surface area contributed by atoms with Gasteiger partial charge in [-0.2, -0.15) is 0 Å². The van der Waals surface area contributed by atoms with E-state index in [1.807, 2.05) is 14.0 Å². The molecule has 7 nitrogen and oxygen atoms in total. The molecule has 3 rings (SSSR count). The Labute approximate surface area is 157 Å². The number of thiazole rings is 1. The summed E-state index contributed by atoms with van der Waals surface area (Å²) in [4.78, 5) is 10.9. The molecule has 1 aliphatic rings. The second-order valence-electron chi connectivity index (χ2n) is 5.40. The Morgan fingerprint density at radius 2 is 2.30 bits per heavy atom. The van der Waals surface area contributed by atoms with E-state index in [9.17, 15) is 0 Å². The summed E-state index contributed by atoms with van der Waals surface area (Å²) in [5.74, 6) is 2.91. The highest BCUT2D eigenvalue weighted by atomic mass is 127. The fourth-order valence-corrected chi connectivity index (χ4v) is 3.29. The van der Waals surface area contributed by atoms with Crippen LogP contribution in [0.2, 0.25) is 0 Å². The summed E-state index contributed by atoms with van der Waals surface area (Å²) in [7, 11) is 3.80. The van der Waals surface area contributed by atoms with E-state index in [2.05, 4.69) is 40.3 Å². The molecule has 0 spiro atoms. The van der Waals surface area contributed by atoms with E-state index in [1.165, 1.54) is 0 Å². The average molecular weight is 447 g/mol. The number of nitrogens with one attached hydrogen (secondary N) is 1. The van der Waals surface area contributed by atoms with Gasteiger partial charge in [0.1, 0.15) is 5.82 Å². The van der Waals surface area contributed by atoms with Crippen LogP contribution in [0, 0.1) is 6.92 Å². The molecule has 0 radical (unpaired) electrons. The van der Waals surface area contributed by atoms with Gasteiger partial charge in [0.05, 0.1) is 23.8 Å². The number of aromatic nitrogens is 4. The molecule has 3 heterocycles. The SMILES string of the molecule is CN=C(NCc1nnc2n1CCC2)N(C)Cc1csc(C)n1.I. The Kier molecular flexibility index (Phi) is 6.33. The summed E-state index contributed by atoms with van der Waals surface area (Å²) < 4.78 is 2.20. The first kappa shape index (κ1) is 18.1. The Balaban J connectivity index is 0.00000192. The molecule has 23 heavy (non-hydrogen) atoms. The van der Waals surface area contributed by atoms with Crippen LogP contribution < -0.4 is 5.32 Å². The van der Waals surface area contributed by atoms with E-state index in [-0.39, 0.29) is 24.0 Å². The number of rotatable bonds is 4. The van der Waals surface area contributed by atoms with Crippen LogP contribution in [-0.2, 0) is 26.1 Å². The van der Waals surface area contributed by atoms with Gasteiger partial charge in [-0.25, -0.2) is 4.98 Å². The van der Waals surface area contributed by atoms with Crippen LogP contribution in [0.25, 0.3) is 0 Å². The number of nitrogens with zero attached hydrogens (tertiary/aromatic N) is 6. The lowest BCUT2D eigenvalue weighted by Crippen LogP contribution is -2.38. The molecule has 2 aromatic rings. The predicted molar refractivity (Wildman–Crippen MR) is 102 cm³/mol. The van der Waals surface area contributed by atoms with Crippen molar-refractivity contribution in [2.75, 3.05) is 14.1 Å². The first-order valence-corrected chi connectivity index (χ1v) is 8.29. The second kappa shape index (κ2) is 8.04. The van der Waals surface area contributed by atoms with Crippen LogP contribution in [-0.4, -0.2) is 44.7 Å². The molecule has 0 aromatic carbocycles. The zero-order valence-electron chi connectivity index (χ0n) is 13.6. The van der Waals surface area contributed by atoms with Gasteiger partial charge in [-0.3, -0.25) is 4.99 Å². The monoisotopic (exact) mass is 447 g/mol. The maximum Gasteiger partial charge on any atom is 0.194 e. The van der Waals surface area contributed by atoms with Crippen molar-refractivity contribution >= 4 is 41.3 Å². The summed E-state index contributed by atoms with van der Waals surface area (Å²) >= 11 is 1.67. The van der Waals surface area contributed by atoms with Crippen molar-refractivity contribution in [3.05, 3.63) is 27.7 Å². The van der Waals surface area contributed by atoms with Crippen molar-refractivity contribution < 1.29 is 0 Å². The molecule has 9 heteroatoms. The van der Waals surface area contributed by atoms with Crippen LogP contribution in [0.4, 0.5) is 0 Å². The van der Waals surface area contributed by atoms with E-state index < -0.39 is 0 Å². The standard InChI is InChI=1S/C14H21N7S.HI/c1-10-17-11(9-22-10)8-20(3)14(15-2)16-7-13-19-18-12-5-4-6-21(12)13;/h9H,4-8H2,1-3H3,(H,15,16);1H. The van der Waals surface area contributed by atoms with Crippen LogP contribution in [0.15, 0.2) is 10.4 Å². The first-order valence-electron chi connectivity index (χ1n) is 7.41. The fourth-order valence-electron chi connectivity index (χ4n) is 2.68. The van der Waals surface area contributed by atoms with Gasteiger partial charge in [0.25, 0.3) is 0 Å². The minimum Gasteiger partial charge on any atom is -0.349 e. The van der Waals surface area contributed by atoms with Crippen LogP contribution in [0.3, 0.4) is 0 Å². The molecule has 0 saturated heterocycles. The van der Waals surface area contributed by atoms with Crippen LogP contribution in [0.1, 0.15) is 28.8 Å². The lowest BCUT2D eigenvalue weighted by atomic mass is 10.4. The van der Waals surface area contributed by atoms with Gasteiger partial charge < -0.3 is 14.8 Å². The Bertz CT molecular complexity index is 678. The quantitative estimate of drug-likeness (QED) is 0.440. The lowest BCUT2D eigenvalue weighted by molar-refractivity contribution is 0.468. The highest BCUT2D eigenvalue weighted by Crippen LogP contribution is 2.14. The number of halogens is 1. The van der Waals surface area contributed by atoms with E-state index >= 15 is 0 Å². The highest BCUT2D eigenvalue weighted by Gasteiger charge is 2.17. The number of aryl methyl sites for hydroxylation is 2. The summed E-state index contributed by atoms with van der Waals surface area (Å²) in [5.41, 5.74) is 1.07. The van der Waals surface area contributed by atoms with Crippen molar-refractivity contribution in [1.82, 2.24) is 30.0 Å². The second-order valence-corrected chi connectivity index (χ2v) is 6.46. The molecule has 0 bridgehead atoms. The molecule has 0 amide bonds. The zero-order chi connectivity index (χ0) is 15.5. The van der Waals surface area contributed by atoms with Crippen LogP contribution >= 0.6 is 35.3 Å². The Morgan fingerprint density at radius 3 is 3.00 bits per heavy atom. The van der Waals surface area contributed by atoms with Gasteiger partial charge in [-0.1, -0.05) is 0 Å². The molecular weight excluding hydrogens is 425 g/mol. The third-order valence-corrected chi connectivity index (χ3v) is 4.55. The molecule has 2 aromatic heterocycles. The topological polar surface area (TPSA) is 71.2 Å². The third kappa shape index (κ3) is 4.19. The number of fused-ring (bicyclic) bond motifs is 1. The van der Waals surface area contributed by atoms with Crippen molar-refractivity contribution in [2.24, 2.45) is 4.99 Å². The number of guanidine groups is 1. The molecular formula is C14H22IN7S. The van der Waals surface area contributed by atoms with Crippen molar-refractivity contribution in [3.63, 3.8) is 0 Å². The molecule has 1 aliphatic heterocycles. The lowest BCUT2D eigenvalue weighted by Gasteiger charge is -2.21. The summed E-state index contributed by atoms with van der Waals surface area (Å²) in [5, 5.41) is 15.0. The zero-order valence-corrected chi connectivity index (χ0v) is 16.8. The van der Waals surface area contributed by atoms with E-state index in [1.54, 1.807) is 18.4 Å². The number of aliphatic imine (C=N–C) groups is 1. The molecule has 0 fully saturated rings. The molecule has 0 saturated carbocycles. The minimum absolute atomic E-state index is 0. The van der Waals surface area contributed by atoms with Crippen molar-refractivity contribution in [3.8, 4) is 0 Å². The Morgan fingerprint density at radius 1 is 1.48 bits per heavy atom. The minimum atomic E-state index is 0. The first-order chi connectivity index (χ1) is 10.7. The number of hydrogen-bond acceptors (Lipinski definition) is 5. The molecule has 126 valence electrons. The van der Waals surface area contributed by atoms with Crippen molar-refractivity contribution in [1.29, 1.82) is 0 Å². The molecule has 0 atom stereocenters. The van der Waals surface area contributed by atoms with Gasteiger partial charge in [0.2, 0.25) is 0 Å². The largest absolute Gasteiger partial charge is 0.349 e. The molecule has 0 unspecified atom stereocenters. The average Bonchev–Trinajstić information content (AvgIpc) is 3.18. The Hall–Kier alpha value is -1.23. The number of hydrogen-bond donors (Lipinski definition) is 1. The third-order valence-electron chi connectivity index (χ3n) is 3.73. The van der Waals surface area contributed by atoms with E-state index in [0.717, 1.165) is 54.2 Å². The van der Waals surface area contributed by atoms with Gasteiger partial charge in [0, 0.05) is 32.4 Å². The predicted octanol–water partition coefficient (Wildman–Crippen LogP) is 1.81. The summed E-state index contributed by atoms with van der Waals surface area (Å²) in [6, 6.07) is 0. The van der Waals surface area contributed by atoms with Crippen LogP contribution in [0.5, 0.6) is 0 Å². The molecule has 0 aliphatic carbocycles.